The predicted molar refractivity (Wildman–Crippen MR) is 81.2 cm³/mol. The molecule has 2 radical (unpaired) electrons. The zero-order valence-electron chi connectivity index (χ0n) is 10.1. The van der Waals surface area contributed by atoms with Gasteiger partial charge in [0.2, 0.25) is 0 Å². The van der Waals surface area contributed by atoms with Crippen molar-refractivity contribution in [3.63, 3.8) is 0 Å². The van der Waals surface area contributed by atoms with Crippen LogP contribution in [0.3, 0.4) is 0 Å². The predicted octanol–water partition coefficient (Wildman–Crippen LogP) is 8.38. The van der Waals surface area contributed by atoms with Crippen LogP contribution in [0.1, 0.15) is 0 Å². The van der Waals surface area contributed by atoms with Gasteiger partial charge in [-0.2, -0.15) is 0 Å². The molecule has 0 aliphatic carbocycles. The maximum Gasteiger partial charge on any atom is 5.00 e. The minimum atomic E-state index is 0. The molecule has 16 nitrogen and oxygen atoms in total. The Labute approximate surface area is 155 Å². The van der Waals surface area contributed by atoms with Crippen molar-refractivity contribution in [3.8, 4) is 0 Å². The molecule has 32 N–H and O–H groups in total. The van der Waals surface area contributed by atoms with Crippen molar-refractivity contribution in [1.82, 2.24) is 0 Å². The SMILES string of the molecule is O.O.[NH2-].[NH2-].[NH2-].[NH2-].[NH2-].[NH2-].[NH2-].[NH2-].[NH2-].[NH2-].[NH2-].[NH2-].[NH2-].[NH2-].[Ru+4].[Ru+5].[Ru+5]. The van der Waals surface area contributed by atoms with Crippen LogP contribution in [0.2, 0.25) is 0 Å². The van der Waals surface area contributed by atoms with Gasteiger partial charge in [0.15, 0.2) is 0 Å². The minimum absolute atomic E-state index is 0. The second kappa shape index (κ2) is 4220. The van der Waals surface area contributed by atoms with Gasteiger partial charge in [-0.3, -0.25) is 0 Å². The molecule has 19 heteroatoms. The van der Waals surface area contributed by atoms with Crippen LogP contribution < -0.4 is 0 Å². The van der Waals surface area contributed by atoms with Crippen molar-refractivity contribution < 1.29 is 69.4 Å². The zero-order valence-corrected chi connectivity index (χ0v) is 15.4. The number of hydrogen-bond donors (Lipinski definition) is 0. The van der Waals surface area contributed by atoms with Gasteiger partial charge in [0, 0.05) is 0 Å². The van der Waals surface area contributed by atoms with Gasteiger partial charge in [0.05, 0.1) is 0 Å². The van der Waals surface area contributed by atoms with Crippen LogP contribution in [-0.4, -0.2) is 11.0 Å². The minimum Gasteiger partial charge on any atom is -0.693 e. The van der Waals surface area contributed by atoms with E-state index in [-0.39, 0.29) is 155 Å². The Kier molecular flexibility index (Phi) is 1100000. The van der Waals surface area contributed by atoms with Crippen LogP contribution in [0.15, 0.2) is 0 Å². The summed E-state index contributed by atoms with van der Waals surface area (Å²) in [6, 6.07) is 0. The van der Waals surface area contributed by atoms with E-state index >= 15 is 0 Å². The maximum atomic E-state index is 0. The van der Waals surface area contributed by atoms with E-state index in [1.807, 2.05) is 0 Å². The van der Waals surface area contributed by atoms with E-state index in [9.17, 15) is 0 Å². The standard InChI is InChI=1S/14H2N.2H2O.3Ru/h16*1H2;;;/q14*-1;;;+4;2*+5. The molecule has 0 atom stereocenters. The molecule has 0 aromatic rings. The average molecular weight is 564 g/mol. The molecule has 0 amide bonds. The molecule has 0 aliphatic rings. The molecule has 19 heavy (non-hydrogen) atoms. The summed E-state index contributed by atoms with van der Waals surface area (Å²) < 4.78 is 0. The largest absolute Gasteiger partial charge is 5.00 e. The Morgan fingerprint density at radius 1 is 0.211 bits per heavy atom. The van der Waals surface area contributed by atoms with Crippen LogP contribution >= 0.6 is 0 Å². The molecule has 0 aromatic carbocycles. The van der Waals surface area contributed by atoms with Gasteiger partial charge in [-0.05, 0) is 0 Å². The Balaban J connectivity index is 0. The van der Waals surface area contributed by atoms with Crippen LogP contribution in [0.5, 0.6) is 0 Å². The quantitative estimate of drug-likeness (QED) is 0.250. The van der Waals surface area contributed by atoms with Crippen molar-refractivity contribution in [2.75, 3.05) is 0 Å². The Hall–Kier alpha value is 1.23. The number of nitrogens with two attached hydrogens (primary N) is 14. The molecule has 0 rings (SSSR count). The fourth-order valence-electron chi connectivity index (χ4n) is 0. The summed E-state index contributed by atoms with van der Waals surface area (Å²) in [4.78, 5) is 0. The fraction of sp³-hybridized carbons (Fsp3) is 0. The van der Waals surface area contributed by atoms with Crippen LogP contribution in [0.4, 0.5) is 0 Å². The normalized spacial score (nSPS) is 0. The van der Waals surface area contributed by atoms with Crippen LogP contribution in [-0.2, 0) is 58.4 Å². The van der Waals surface area contributed by atoms with E-state index < -0.39 is 0 Å². The molecule has 0 aromatic heterocycles. The fourth-order valence-corrected chi connectivity index (χ4v) is 0. The second-order valence-corrected chi connectivity index (χ2v) is 0. The molecular weight excluding hydrogens is 531 g/mol. The first kappa shape index (κ1) is 4940. The molecule has 0 aliphatic heterocycles. The van der Waals surface area contributed by atoms with Gasteiger partial charge in [-0.1, -0.05) is 0 Å². The maximum absolute atomic E-state index is 0. The summed E-state index contributed by atoms with van der Waals surface area (Å²) >= 11 is 0. The van der Waals surface area contributed by atoms with Gasteiger partial charge >= 0.3 is 58.4 Å². The van der Waals surface area contributed by atoms with E-state index in [1.165, 1.54) is 0 Å². The average Bonchev–Trinajstić information content (AvgIpc) is 0. The number of hydrogen-bond acceptors (Lipinski definition) is 0. The first-order chi connectivity index (χ1) is 0. The summed E-state index contributed by atoms with van der Waals surface area (Å²) in [7, 11) is 0. The Morgan fingerprint density at radius 2 is 0.211 bits per heavy atom. The second-order valence-electron chi connectivity index (χ2n) is 0. The van der Waals surface area contributed by atoms with Crippen molar-refractivity contribution >= 4 is 0 Å². The molecule has 0 spiro atoms. The first-order valence-electron chi connectivity index (χ1n) is 0. The summed E-state index contributed by atoms with van der Waals surface area (Å²) in [6.07, 6.45) is 0. The monoisotopic (exact) mass is 566 g/mol. The number of rotatable bonds is 0. The molecule has 0 heterocycles. The van der Waals surface area contributed by atoms with Crippen LogP contribution in [0.25, 0.3) is 86.1 Å². The Bertz CT molecular complexity index is 20.7. The topological polar surface area (TPSA) is 532 Å². The third kappa shape index (κ3) is 3770. The van der Waals surface area contributed by atoms with Gasteiger partial charge in [-0.25, -0.2) is 0 Å². The summed E-state index contributed by atoms with van der Waals surface area (Å²) in [5.74, 6) is 0. The third-order valence-electron chi connectivity index (χ3n) is 0. The molecule has 0 saturated heterocycles. The van der Waals surface area contributed by atoms with Crippen molar-refractivity contribution in [2.24, 2.45) is 0 Å². The van der Waals surface area contributed by atoms with Gasteiger partial charge in [0.25, 0.3) is 0 Å². The molecule has 138 valence electrons. The molecule has 0 saturated carbocycles. The van der Waals surface area contributed by atoms with E-state index in [2.05, 4.69) is 0 Å². The summed E-state index contributed by atoms with van der Waals surface area (Å²) in [6.45, 7) is 0. The summed E-state index contributed by atoms with van der Waals surface area (Å²) in [5, 5.41) is 0. The van der Waals surface area contributed by atoms with E-state index in [1.54, 1.807) is 0 Å². The van der Waals surface area contributed by atoms with Crippen molar-refractivity contribution in [3.05, 3.63) is 86.1 Å². The Morgan fingerprint density at radius 3 is 0.211 bits per heavy atom. The molecule has 0 bridgehead atoms. The molecular formula is H32N14O2Ru3. The van der Waals surface area contributed by atoms with E-state index in [4.69, 9.17) is 0 Å². The van der Waals surface area contributed by atoms with Crippen LogP contribution in [0, 0.1) is 0 Å². The van der Waals surface area contributed by atoms with E-state index in [0.29, 0.717) is 0 Å². The zero-order chi connectivity index (χ0) is 0. The summed E-state index contributed by atoms with van der Waals surface area (Å²) in [5.41, 5.74) is 0. The van der Waals surface area contributed by atoms with Crippen molar-refractivity contribution in [1.29, 1.82) is 0 Å². The molecule has 0 fully saturated rings. The molecule has 0 unspecified atom stereocenters. The van der Waals surface area contributed by atoms with Crippen molar-refractivity contribution in [2.45, 2.75) is 0 Å². The smallest absolute Gasteiger partial charge is 0.693 e. The van der Waals surface area contributed by atoms with E-state index in [0.717, 1.165) is 0 Å². The third-order valence-corrected chi connectivity index (χ3v) is 0. The van der Waals surface area contributed by atoms with Gasteiger partial charge in [0.1, 0.15) is 0 Å². The van der Waals surface area contributed by atoms with Gasteiger partial charge < -0.3 is 97.1 Å². The van der Waals surface area contributed by atoms with Gasteiger partial charge in [-0.15, -0.1) is 0 Å². The first-order valence-corrected chi connectivity index (χ1v) is 0.